The average Bonchev–Trinajstić information content (AvgIpc) is 3.22. The maximum atomic E-state index is 11.9. The minimum Gasteiger partial charge on any atom is -0.452 e. The summed E-state index contributed by atoms with van der Waals surface area (Å²) >= 11 is 1.56. The van der Waals surface area contributed by atoms with E-state index < -0.39 is 11.9 Å². The standard InChI is InChI=1S/C23H18N2O3S/c24-15-14-17-6-8-19(9-7-17)25-22(26)16-28-23(27)13-11-20-10-12-21(29-20)18-4-2-1-3-5-18/h1-13H,14,16H2,(H,25,26). The zero-order valence-electron chi connectivity index (χ0n) is 15.5. The lowest BCUT2D eigenvalue weighted by molar-refractivity contribution is -0.142. The van der Waals surface area contributed by atoms with E-state index in [0.717, 1.165) is 20.9 Å². The number of anilines is 1. The highest BCUT2D eigenvalue weighted by Crippen LogP contribution is 2.28. The number of esters is 1. The molecule has 3 rings (SSSR count). The molecule has 3 aromatic rings. The Morgan fingerprint density at radius 3 is 2.52 bits per heavy atom. The molecule has 1 heterocycles. The fourth-order valence-corrected chi connectivity index (χ4v) is 3.45. The predicted molar refractivity (Wildman–Crippen MR) is 114 cm³/mol. The maximum Gasteiger partial charge on any atom is 0.331 e. The highest BCUT2D eigenvalue weighted by molar-refractivity contribution is 7.16. The van der Waals surface area contributed by atoms with Gasteiger partial charge in [0.1, 0.15) is 0 Å². The third-order valence-corrected chi connectivity index (χ3v) is 5.03. The van der Waals surface area contributed by atoms with Gasteiger partial charge in [0.15, 0.2) is 6.61 Å². The molecule has 1 amide bonds. The van der Waals surface area contributed by atoms with Crippen LogP contribution in [0.3, 0.4) is 0 Å². The number of rotatable bonds is 7. The molecule has 1 N–H and O–H groups in total. The molecule has 0 spiro atoms. The Labute approximate surface area is 172 Å². The Kier molecular flexibility index (Phi) is 6.93. The first-order valence-electron chi connectivity index (χ1n) is 8.90. The largest absolute Gasteiger partial charge is 0.452 e. The van der Waals surface area contributed by atoms with Crippen molar-refractivity contribution in [1.82, 2.24) is 0 Å². The van der Waals surface area contributed by atoms with Crippen molar-refractivity contribution in [2.24, 2.45) is 0 Å². The molecule has 0 aliphatic carbocycles. The van der Waals surface area contributed by atoms with Crippen LogP contribution in [0.15, 0.2) is 72.8 Å². The van der Waals surface area contributed by atoms with Crippen LogP contribution in [0, 0.1) is 11.3 Å². The van der Waals surface area contributed by atoms with E-state index in [-0.39, 0.29) is 6.61 Å². The molecule has 0 saturated carbocycles. The zero-order valence-corrected chi connectivity index (χ0v) is 16.3. The first kappa shape index (κ1) is 20.1. The monoisotopic (exact) mass is 402 g/mol. The number of carbonyl (C=O) groups excluding carboxylic acids is 2. The number of nitriles is 1. The van der Waals surface area contributed by atoms with Crippen molar-refractivity contribution in [1.29, 1.82) is 5.26 Å². The SMILES string of the molecule is N#CCc1ccc(NC(=O)COC(=O)C=Cc2ccc(-c3ccccc3)s2)cc1. The van der Waals surface area contributed by atoms with Gasteiger partial charge in [0.25, 0.3) is 5.91 Å². The molecule has 2 aromatic carbocycles. The second kappa shape index (κ2) is 10.0. The lowest BCUT2D eigenvalue weighted by atomic mass is 10.1. The highest BCUT2D eigenvalue weighted by atomic mass is 32.1. The second-order valence-electron chi connectivity index (χ2n) is 6.09. The molecule has 0 unspecified atom stereocenters. The number of thiophene rings is 1. The fraction of sp³-hybridized carbons (Fsp3) is 0.0870. The molecule has 144 valence electrons. The number of hydrogen-bond acceptors (Lipinski definition) is 5. The quantitative estimate of drug-likeness (QED) is 0.460. The summed E-state index contributed by atoms with van der Waals surface area (Å²) in [6.07, 6.45) is 3.30. The molecular formula is C23H18N2O3S. The van der Waals surface area contributed by atoms with E-state index in [2.05, 4.69) is 11.4 Å². The van der Waals surface area contributed by atoms with Crippen molar-refractivity contribution in [2.75, 3.05) is 11.9 Å². The Bertz CT molecular complexity index is 1050. The molecule has 0 aliphatic rings. The van der Waals surface area contributed by atoms with Crippen molar-refractivity contribution >= 4 is 35.0 Å². The van der Waals surface area contributed by atoms with Crippen LogP contribution < -0.4 is 5.32 Å². The van der Waals surface area contributed by atoms with E-state index in [9.17, 15) is 9.59 Å². The first-order valence-corrected chi connectivity index (χ1v) is 9.71. The first-order chi connectivity index (χ1) is 14.1. The van der Waals surface area contributed by atoms with Gasteiger partial charge in [0.2, 0.25) is 0 Å². The number of benzene rings is 2. The predicted octanol–water partition coefficient (Wildman–Crippen LogP) is 4.68. The fourth-order valence-electron chi connectivity index (χ4n) is 2.53. The van der Waals surface area contributed by atoms with Gasteiger partial charge in [-0.25, -0.2) is 4.79 Å². The van der Waals surface area contributed by atoms with Crippen LogP contribution >= 0.6 is 11.3 Å². The average molecular weight is 402 g/mol. The number of nitrogens with one attached hydrogen (secondary N) is 1. The minimum absolute atomic E-state index is 0.315. The Morgan fingerprint density at radius 2 is 1.79 bits per heavy atom. The van der Waals surface area contributed by atoms with Crippen LogP contribution in [0.1, 0.15) is 10.4 Å². The van der Waals surface area contributed by atoms with Gasteiger partial charge in [-0.15, -0.1) is 11.3 Å². The van der Waals surface area contributed by atoms with Crippen molar-refractivity contribution in [2.45, 2.75) is 6.42 Å². The molecule has 1 aromatic heterocycles. The van der Waals surface area contributed by atoms with E-state index in [0.29, 0.717) is 12.1 Å². The summed E-state index contributed by atoms with van der Waals surface area (Å²) in [7, 11) is 0. The van der Waals surface area contributed by atoms with Crippen molar-refractivity contribution in [3.8, 4) is 16.5 Å². The molecule has 0 radical (unpaired) electrons. The van der Waals surface area contributed by atoms with Gasteiger partial charge in [-0.3, -0.25) is 4.79 Å². The van der Waals surface area contributed by atoms with Crippen LogP contribution in [0.5, 0.6) is 0 Å². The third-order valence-electron chi connectivity index (χ3n) is 3.94. The van der Waals surface area contributed by atoms with Crippen molar-refractivity contribution < 1.29 is 14.3 Å². The van der Waals surface area contributed by atoms with E-state index >= 15 is 0 Å². The van der Waals surface area contributed by atoms with Gasteiger partial charge in [0, 0.05) is 21.5 Å². The summed E-state index contributed by atoms with van der Waals surface area (Å²) in [6.45, 7) is -0.372. The molecule has 0 fully saturated rings. The van der Waals surface area contributed by atoms with E-state index in [4.69, 9.17) is 10.00 Å². The maximum absolute atomic E-state index is 11.9. The summed E-state index contributed by atoms with van der Waals surface area (Å²) in [4.78, 5) is 25.8. The summed E-state index contributed by atoms with van der Waals surface area (Å²) < 4.78 is 4.98. The van der Waals surface area contributed by atoms with Gasteiger partial charge in [-0.05, 0) is 41.5 Å². The van der Waals surface area contributed by atoms with Crippen molar-refractivity contribution in [3.05, 3.63) is 83.2 Å². The Morgan fingerprint density at radius 1 is 1.03 bits per heavy atom. The Hall–Kier alpha value is -3.69. The second-order valence-corrected chi connectivity index (χ2v) is 7.20. The topological polar surface area (TPSA) is 79.2 Å². The lowest BCUT2D eigenvalue weighted by Gasteiger charge is -2.05. The van der Waals surface area contributed by atoms with Gasteiger partial charge < -0.3 is 10.1 Å². The van der Waals surface area contributed by atoms with E-state index in [1.54, 1.807) is 41.7 Å². The number of hydrogen-bond donors (Lipinski definition) is 1. The number of nitrogens with zero attached hydrogens (tertiary/aromatic N) is 1. The lowest BCUT2D eigenvalue weighted by Crippen LogP contribution is -2.20. The molecule has 0 atom stereocenters. The van der Waals surface area contributed by atoms with Gasteiger partial charge in [-0.1, -0.05) is 42.5 Å². The Balaban J connectivity index is 1.46. The number of ether oxygens (including phenoxy) is 1. The third kappa shape index (κ3) is 6.16. The smallest absolute Gasteiger partial charge is 0.331 e. The molecular weight excluding hydrogens is 384 g/mol. The summed E-state index contributed by atoms with van der Waals surface area (Å²) in [6, 6.07) is 22.9. The van der Waals surface area contributed by atoms with E-state index in [1.807, 2.05) is 42.5 Å². The van der Waals surface area contributed by atoms with Crippen LogP contribution in [0.2, 0.25) is 0 Å². The van der Waals surface area contributed by atoms with Gasteiger partial charge >= 0.3 is 5.97 Å². The van der Waals surface area contributed by atoms with Crippen molar-refractivity contribution in [3.63, 3.8) is 0 Å². The summed E-state index contributed by atoms with van der Waals surface area (Å²) in [5.41, 5.74) is 2.57. The zero-order chi connectivity index (χ0) is 20.5. The minimum atomic E-state index is -0.584. The molecule has 0 saturated heterocycles. The summed E-state index contributed by atoms with van der Waals surface area (Å²) in [5, 5.41) is 11.3. The molecule has 0 bridgehead atoms. The molecule has 5 nitrogen and oxygen atoms in total. The number of amides is 1. The number of carbonyl (C=O) groups is 2. The van der Waals surface area contributed by atoms with Gasteiger partial charge in [-0.2, -0.15) is 5.26 Å². The molecule has 29 heavy (non-hydrogen) atoms. The van der Waals surface area contributed by atoms with Gasteiger partial charge in [0.05, 0.1) is 12.5 Å². The normalized spacial score (nSPS) is 10.4. The van der Waals surface area contributed by atoms with E-state index in [1.165, 1.54) is 6.08 Å². The van der Waals surface area contributed by atoms with Crippen LogP contribution in [0.25, 0.3) is 16.5 Å². The molecule has 6 heteroatoms. The van der Waals surface area contributed by atoms with Crippen LogP contribution in [-0.2, 0) is 20.7 Å². The van der Waals surface area contributed by atoms with Crippen LogP contribution in [-0.4, -0.2) is 18.5 Å². The summed E-state index contributed by atoms with van der Waals surface area (Å²) in [5.74, 6) is -1.01. The highest BCUT2D eigenvalue weighted by Gasteiger charge is 2.06. The molecule has 0 aliphatic heterocycles. The van der Waals surface area contributed by atoms with Crippen LogP contribution in [0.4, 0.5) is 5.69 Å².